The summed E-state index contributed by atoms with van der Waals surface area (Å²) in [5.41, 5.74) is 0.923. The molecule has 0 radical (unpaired) electrons. The molecule has 1 aromatic heterocycles. The number of carbonyl (C=O) groups is 1. The van der Waals surface area contributed by atoms with Gasteiger partial charge in [0.1, 0.15) is 5.75 Å². The van der Waals surface area contributed by atoms with Crippen molar-refractivity contribution in [3.05, 3.63) is 18.2 Å². The molecule has 0 unspecified atom stereocenters. The molecule has 1 fully saturated rings. The largest absolute Gasteiger partial charge is 0.497 e. The van der Waals surface area contributed by atoms with Gasteiger partial charge in [0.2, 0.25) is 5.91 Å². The van der Waals surface area contributed by atoms with Crippen LogP contribution in [0.1, 0.15) is 32.1 Å². The number of fused-ring (bicyclic) bond motifs is 1. The maximum absolute atomic E-state index is 13.2. The molecule has 5 nitrogen and oxygen atoms in total. The fourth-order valence-corrected chi connectivity index (χ4v) is 4.33. The second-order valence-corrected chi connectivity index (χ2v) is 7.97. The lowest BCUT2D eigenvalue weighted by Gasteiger charge is -2.28. The summed E-state index contributed by atoms with van der Waals surface area (Å²) in [4.78, 5) is 21.9. The molecule has 0 saturated heterocycles. The van der Waals surface area contributed by atoms with Gasteiger partial charge in [0.15, 0.2) is 5.13 Å². The van der Waals surface area contributed by atoms with Crippen molar-refractivity contribution < 1.29 is 9.53 Å². The summed E-state index contributed by atoms with van der Waals surface area (Å²) in [6.45, 7) is 1.51. The third kappa shape index (κ3) is 4.87. The Morgan fingerprint density at radius 2 is 1.96 bits per heavy atom. The Balaban J connectivity index is 0.00000243. The first-order valence-corrected chi connectivity index (χ1v) is 9.81. The normalized spacial score (nSPS) is 15.1. The quantitative estimate of drug-likeness (QED) is 0.732. The minimum absolute atomic E-state index is 0. The lowest BCUT2D eigenvalue weighted by molar-refractivity contribution is -0.123. The second-order valence-electron chi connectivity index (χ2n) is 6.96. The molecule has 1 amide bonds. The van der Waals surface area contributed by atoms with E-state index in [4.69, 9.17) is 9.72 Å². The number of halogens is 1. The summed E-state index contributed by atoms with van der Waals surface area (Å²) >= 11 is 1.57. The average molecular weight is 398 g/mol. The molecule has 1 aliphatic carbocycles. The van der Waals surface area contributed by atoms with Gasteiger partial charge < -0.3 is 9.64 Å². The van der Waals surface area contributed by atoms with Crippen LogP contribution in [0.3, 0.4) is 0 Å². The lowest BCUT2D eigenvalue weighted by atomic mass is 9.88. The van der Waals surface area contributed by atoms with Crippen molar-refractivity contribution in [2.45, 2.75) is 32.1 Å². The number of hydrogen-bond acceptors (Lipinski definition) is 5. The van der Waals surface area contributed by atoms with Gasteiger partial charge in [-0.2, -0.15) is 0 Å². The highest BCUT2D eigenvalue weighted by Crippen LogP contribution is 2.34. The SMILES string of the molecule is COc1ccc2nc(N(CCN(C)C)C(=O)C3CCCCC3)sc2c1.Cl. The van der Waals surface area contributed by atoms with Crippen LogP contribution in [0.5, 0.6) is 5.75 Å². The molecule has 0 bridgehead atoms. The minimum Gasteiger partial charge on any atom is -0.497 e. The van der Waals surface area contributed by atoms with Gasteiger partial charge in [-0.1, -0.05) is 30.6 Å². The topological polar surface area (TPSA) is 45.7 Å². The first kappa shape index (κ1) is 20.9. The molecule has 1 saturated carbocycles. The van der Waals surface area contributed by atoms with Gasteiger partial charge in [-0.25, -0.2) is 4.98 Å². The molecule has 3 rings (SSSR count). The summed E-state index contributed by atoms with van der Waals surface area (Å²) < 4.78 is 6.36. The van der Waals surface area contributed by atoms with Crippen LogP contribution in [-0.4, -0.2) is 50.1 Å². The zero-order chi connectivity index (χ0) is 17.8. The summed E-state index contributed by atoms with van der Waals surface area (Å²) in [5.74, 6) is 1.21. The lowest BCUT2D eigenvalue weighted by Crippen LogP contribution is -2.41. The van der Waals surface area contributed by atoms with Gasteiger partial charge in [-0.05, 0) is 45.1 Å². The Hall–Kier alpha value is -1.37. The summed E-state index contributed by atoms with van der Waals surface area (Å²) in [6.07, 6.45) is 5.60. The number of thiazole rings is 1. The third-order valence-corrected chi connectivity index (χ3v) is 5.85. The Morgan fingerprint density at radius 1 is 1.23 bits per heavy atom. The number of rotatable bonds is 6. The number of likely N-dealkylation sites (N-methyl/N-ethyl adjacent to an activating group) is 1. The van der Waals surface area contributed by atoms with Crippen LogP contribution in [0.25, 0.3) is 10.2 Å². The van der Waals surface area contributed by atoms with Crippen molar-refractivity contribution in [2.75, 3.05) is 39.2 Å². The smallest absolute Gasteiger partial charge is 0.231 e. The van der Waals surface area contributed by atoms with E-state index in [-0.39, 0.29) is 24.2 Å². The van der Waals surface area contributed by atoms with Crippen LogP contribution in [0, 0.1) is 5.92 Å². The molecule has 1 aromatic carbocycles. The van der Waals surface area contributed by atoms with Crippen molar-refractivity contribution in [2.24, 2.45) is 5.92 Å². The summed E-state index contributed by atoms with van der Waals surface area (Å²) in [5, 5.41) is 0.806. The Labute approximate surface area is 165 Å². The molecule has 0 spiro atoms. The number of hydrogen-bond donors (Lipinski definition) is 0. The van der Waals surface area contributed by atoms with E-state index in [9.17, 15) is 4.79 Å². The van der Waals surface area contributed by atoms with Gasteiger partial charge in [0.05, 0.1) is 17.3 Å². The zero-order valence-electron chi connectivity index (χ0n) is 15.7. The van der Waals surface area contributed by atoms with Gasteiger partial charge in [0.25, 0.3) is 0 Å². The number of anilines is 1. The first-order valence-electron chi connectivity index (χ1n) is 8.99. The number of carbonyl (C=O) groups excluding carboxylic acids is 1. The number of ether oxygens (including phenoxy) is 1. The zero-order valence-corrected chi connectivity index (χ0v) is 17.4. The molecule has 7 heteroatoms. The maximum atomic E-state index is 13.2. The van der Waals surface area contributed by atoms with Crippen LogP contribution >= 0.6 is 23.7 Å². The molecular weight excluding hydrogens is 370 g/mol. The summed E-state index contributed by atoms with van der Waals surface area (Å²) in [7, 11) is 5.73. The van der Waals surface area contributed by atoms with Crippen LogP contribution < -0.4 is 9.64 Å². The highest BCUT2D eigenvalue weighted by Gasteiger charge is 2.28. The predicted octanol–water partition coefficient (Wildman–Crippen LogP) is 4.20. The number of amides is 1. The van der Waals surface area contributed by atoms with E-state index in [1.165, 1.54) is 6.42 Å². The molecule has 1 heterocycles. The fraction of sp³-hybridized carbons (Fsp3) is 0.579. The Kier molecular flexibility index (Phi) is 7.68. The van der Waals surface area contributed by atoms with E-state index in [2.05, 4.69) is 4.90 Å². The molecular formula is C19H28ClN3O2S. The third-order valence-electron chi connectivity index (χ3n) is 4.81. The standard InChI is InChI=1S/C19H27N3O2S.ClH/c1-21(2)11-12-22(18(23)14-7-5-4-6-8-14)19-20-16-10-9-15(24-3)13-17(16)25-19;/h9-10,13-14H,4-8,11-12H2,1-3H3;1H. The van der Waals surface area contributed by atoms with E-state index in [0.29, 0.717) is 6.54 Å². The highest BCUT2D eigenvalue weighted by molar-refractivity contribution is 7.22. The van der Waals surface area contributed by atoms with E-state index in [1.807, 2.05) is 37.2 Å². The molecule has 1 aliphatic rings. The molecule has 0 atom stereocenters. The van der Waals surface area contributed by atoms with Crippen molar-refractivity contribution in [3.63, 3.8) is 0 Å². The van der Waals surface area contributed by atoms with Crippen molar-refractivity contribution >= 4 is 45.0 Å². The van der Waals surface area contributed by atoms with Crippen LogP contribution in [-0.2, 0) is 4.79 Å². The number of benzene rings is 1. The number of nitrogens with zero attached hydrogens (tertiary/aromatic N) is 3. The molecule has 0 aliphatic heterocycles. The molecule has 0 N–H and O–H groups in total. The van der Waals surface area contributed by atoms with Crippen LogP contribution in [0.2, 0.25) is 0 Å². The van der Waals surface area contributed by atoms with Gasteiger partial charge in [-0.15, -0.1) is 12.4 Å². The van der Waals surface area contributed by atoms with E-state index < -0.39 is 0 Å². The van der Waals surface area contributed by atoms with E-state index in [0.717, 1.165) is 53.3 Å². The minimum atomic E-state index is 0. The van der Waals surface area contributed by atoms with Crippen LogP contribution in [0.4, 0.5) is 5.13 Å². The van der Waals surface area contributed by atoms with E-state index in [1.54, 1.807) is 18.4 Å². The summed E-state index contributed by atoms with van der Waals surface area (Å²) in [6, 6.07) is 5.87. The number of aromatic nitrogens is 1. The second kappa shape index (κ2) is 9.53. The van der Waals surface area contributed by atoms with Crippen molar-refractivity contribution in [1.29, 1.82) is 0 Å². The van der Waals surface area contributed by atoms with Gasteiger partial charge >= 0.3 is 0 Å². The van der Waals surface area contributed by atoms with Gasteiger partial charge in [0, 0.05) is 19.0 Å². The Morgan fingerprint density at radius 3 is 2.62 bits per heavy atom. The molecule has 26 heavy (non-hydrogen) atoms. The van der Waals surface area contributed by atoms with Crippen molar-refractivity contribution in [1.82, 2.24) is 9.88 Å². The van der Waals surface area contributed by atoms with E-state index >= 15 is 0 Å². The molecule has 2 aromatic rings. The monoisotopic (exact) mass is 397 g/mol. The highest BCUT2D eigenvalue weighted by atomic mass is 35.5. The number of methoxy groups -OCH3 is 1. The van der Waals surface area contributed by atoms with Crippen molar-refractivity contribution in [3.8, 4) is 5.75 Å². The van der Waals surface area contributed by atoms with Gasteiger partial charge in [-0.3, -0.25) is 9.69 Å². The fourth-order valence-electron chi connectivity index (χ4n) is 3.31. The Bertz CT molecular complexity index is 729. The average Bonchev–Trinajstić information content (AvgIpc) is 3.04. The van der Waals surface area contributed by atoms with Crippen LogP contribution in [0.15, 0.2) is 18.2 Å². The predicted molar refractivity (Wildman–Crippen MR) is 111 cm³/mol. The maximum Gasteiger partial charge on any atom is 0.231 e. The molecule has 144 valence electrons. The first-order chi connectivity index (χ1) is 12.1.